The van der Waals surface area contributed by atoms with Crippen molar-refractivity contribution in [3.05, 3.63) is 52.3 Å². The van der Waals surface area contributed by atoms with Crippen molar-refractivity contribution in [1.82, 2.24) is 0 Å². The Hall–Kier alpha value is -2.08. The Morgan fingerprint density at radius 2 is 2.14 bits per heavy atom. The topological polar surface area (TPSA) is 64.3 Å². The van der Waals surface area contributed by atoms with Crippen LogP contribution in [0.3, 0.4) is 0 Å². The van der Waals surface area contributed by atoms with Gasteiger partial charge in [-0.05, 0) is 53.2 Å². The molecule has 2 aromatic carbocycles. The molecule has 6 heteroatoms. The zero-order chi connectivity index (χ0) is 15.4. The molecule has 2 rings (SSSR count). The van der Waals surface area contributed by atoms with Crippen LogP contribution in [-0.4, -0.2) is 12.5 Å². The van der Waals surface area contributed by atoms with Gasteiger partial charge in [0, 0.05) is 11.4 Å². The number of ether oxygens (including phenoxy) is 1. The third kappa shape index (κ3) is 3.52. The van der Waals surface area contributed by atoms with Gasteiger partial charge in [0.15, 0.2) is 0 Å². The number of carbonyl (C=O) groups is 1. The van der Waals surface area contributed by atoms with E-state index in [9.17, 15) is 9.18 Å². The van der Waals surface area contributed by atoms with E-state index in [-0.39, 0.29) is 5.56 Å². The van der Waals surface area contributed by atoms with E-state index in [2.05, 4.69) is 21.2 Å². The van der Waals surface area contributed by atoms with E-state index in [4.69, 9.17) is 10.5 Å². The highest BCUT2D eigenvalue weighted by atomic mass is 79.9. The molecular weight excluding hydrogens is 339 g/mol. The minimum Gasteiger partial charge on any atom is -0.493 e. The Morgan fingerprint density at radius 1 is 1.38 bits per heavy atom. The van der Waals surface area contributed by atoms with E-state index >= 15 is 0 Å². The summed E-state index contributed by atoms with van der Waals surface area (Å²) in [5.74, 6) is -0.510. The molecule has 0 heterocycles. The van der Waals surface area contributed by atoms with Crippen LogP contribution in [-0.2, 0) is 0 Å². The number of halogens is 2. The number of amides is 1. The van der Waals surface area contributed by atoms with Gasteiger partial charge in [-0.2, -0.15) is 0 Å². The van der Waals surface area contributed by atoms with Crippen molar-refractivity contribution in [2.45, 2.75) is 6.92 Å². The molecule has 0 atom stereocenters. The van der Waals surface area contributed by atoms with Gasteiger partial charge in [0.25, 0.3) is 5.91 Å². The lowest BCUT2D eigenvalue weighted by Gasteiger charge is -2.13. The number of nitrogen functional groups attached to an aromatic ring is 1. The van der Waals surface area contributed by atoms with Crippen LogP contribution in [0.15, 0.2) is 40.9 Å². The van der Waals surface area contributed by atoms with Gasteiger partial charge in [0.05, 0.1) is 11.1 Å². The van der Waals surface area contributed by atoms with Crippen molar-refractivity contribution in [1.29, 1.82) is 0 Å². The quantitative estimate of drug-likeness (QED) is 0.822. The highest BCUT2D eigenvalue weighted by Gasteiger charge is 2.16. The largest absolute Gasteiger partial charge is 0.493 e. The van der Waals surface area contributed by atoms with E-state index in [1.165, 1.54) is 12.1 Å². The van der Waals surface area contributed by atoms with Gasteiger partial charge < -0.3 is 15.8 Å². The fourth-order valence-corrected chi connectivity index (χ4v) is 2.08. The minimum absolute atomic E-state index is 0.239. The third-order valence-electron chi connectivity index (χ3n) is 2.76. The number of benzene rings is 2. The summed E-state index contributed by atoms with van der Waals surface area (Å²) in [6.45, 7) is 2.23. The molecule has 0 saturated carbocycles. The smallest absolute Gasteiger partial charge is 0.261 e. The summed E-state index contributed by atoms with van der Waals surface area (Å²) >= 11 is 3.06. The SMILES string of the molecule is CCOc1cccc(N)c1C(=O)Nc1ccc(Br)c(F)c1. The predicted octanol–water partition coefficient (Wildman–Crippen LogP) is 3.82. The molecule has 21 heavy (non-hydrogen) atoms. The van der Waals surface area contributed by atoms with Crippen LogP contribution < -0.4 is 15.8 Å². The monoisotopic (exact) mass is 352 g/mol. The van der Waals surface area contributed by atoms with Crippen LogP contribution in [0.1, 0.15) is 17.3 Å². The van der Waals surface area contributed by atoms with Crippen LogP contribution >= 0.6 is 15.9 Å². The number of hydrogen-bond acceptors (Lipinski definition) is 3. The molecule has 4 nitrogen and oxygen atoms in total. The van der Waals surface area contributed by atoms with Gasteiger partial charge in [0.2, 0.25) is 0 Å². The Balaban J connectivity index is 2.29. The molecule has 0 radical (unpaired) electrons. The Labute approximate surface area is 130 Å². The maximum absolute atomic E-state index is 13.5. The summed E-state index contributed by atoms with van der Waals surface area (Å²) in [7, 11) is 0. The second kappa shape index (κ2) is 6.58. The molecule has 3 N–H and O–H groups in total. The summed E-state index contributed by atoms with van der Waals surface area (Å²) in [6, 6.07) is 9.31. The molecule has 2 aromatic rings. The van der Waals surface area contributed by atoms with E-state index in [1.54, 1.807) is 24.3 Å². The lowest BCUT2D eigenvalue weighted by molar-refractivity contribution is 0.102. The van der Waals surface area contributed by atoms with Gasteiger partial charge in [-0.1, -0.05) is 6.07 Å². The summed E-state index contributed by atoms with van der Waals surface area (Å²) in [5.41, 5.74) is 6.72. The van der Waals surface area contributed by atoms with Gasteiger partial charge in [-0.15, -0.1) is 0 Å². The first-order valence-electron chi connectivity index (χ1n) is 6.30. The second-order valence-corrected chi connectivity index (χ2v) is 5.09. The molecule has 0 aromatic heterocycles. The highest BCUT2D eigenvalue weighted by Crippen LogP contribution is 2.26. The lowest BCUT2D eigenvalue weighted by atomic mass is 10.1. The zero-order valence-electron chi connectivity index (χ0n) is 11.3. The summed E-state index contributed by atoms with van der Waals surface area (Å²) < 4.78 is 19.2. The average Bonchev–Trinajstić information content (AvgIpc) is 2.43. The van der Waals surface area contributed by atoms with Crippen LogP contribution in [0.4, 0.5) is 15.8 Å². The molecule has 0 fully saturated rings. The molecule has 0 aliphatic rings. The second-order valence-electron chi connectivity index (χ2n) is 4.24. The molecule has 0 spiro atoms. The first kappa shape index (κ1) is 15.3. The molecule has 0 aliphatic heterocycles. The Kier molecular flexibility index (Phi) is 4.80. The van der Waals surface area contributed by atoms with Gasteiger partial charge in [-0.3, -0.25) is 4.79 Å². The number of nitrogens with two attached hydrogens (primary N) is 1. The van der Waals surface area contributed by atoms with E-state index in [0.29, 0.717) is 28.2 Å². The Bertz CT molecular complexity index is 677. The summed E-state index contributed by atoms with van der Waals surface area (Å²) in [6.07, 6.45) is 0. The van der Waals surface area contributed by atoms with Crippen molar-refractivity contribution in [3.8, 4) is 5.75 Å². The highest BCUT2D eigenvalue weighted by molar-refractivity contribution is 9.10. The molecule has 0 aliphatic carbocycles. The van der Waals surface area contributed by atoms with Crippen molar-refractivity contribution in [3.63, 3.8) is 0 Å². The van der Waals surface area contributed by atoms with Crippen molar-refractivity contribution in [2.75, 3.05) is 17.7 Å². The first-order chi connectivity index (χ1) is 10.0. The van der Waals surface area contributed by atoms with Gasteiger partial charge >= 0.3 is 0 Å². The van der Waals surface area contributed by atoms with Crippen LogP contribution in [0.5, 0.6) is 5.75 Å². The van der Waals surface area contributed by atoms with Crippen molar-refractivity contribution < 1.29 is 13.9 Å². The number of anilines is 2. The minimum atomic E-state index is -0.459. The zero-order valence-corrected chi connectivity index (χ0v) is 12.9. The molecular formula is C15H14BrFN2O2. The number of hydrogen-bond donors (Lipinski definition) is 2. The number of carbonyl (C=O) groups excluding carboxylic acids is 1. The standard InChI is InChI=1S/C15H14BrFN2O2/c1-2-21-13-5-3-4-12(18)14(13)15(20)19-9-6-7-10(16)11(17)8-9/h3-8H,2,18H2,1H3,(H,19,20). The predicted molar refractivity (Wildman–Crippen MR) is 84.1 cm³/mol. The maximum Gasteiger partial charge on any atom is 0.261 e. The normalized spacial score (nSPS) is 10.2. The van der Waals surface area contributed by atoms with E-state index in [1.807, 2.05) is 6.92 Å². The molecule has 1 amide bonds. The van der Waals surface area contributed by atoms with Crippen LogP contribution in [0.25, 0.3) is 0 Å². The fourth-order valence-electron chi connectivity index (χ4n) is 1.83. The van der Waals surface area contributed by atoms with Crippen LogP contribution in [0, 0.1) is 5.82 Å². The molecule has 0 saturated heterocycles. The first-order valence-corrected chi connectivity index (χ1v) is 7.10. The summed E-state index contributed by atoms with van der Waals surface area (Å²) in [5, 5.41) is 2.61. The summed E-state index contributed by atoms with van der Waals surface area (Å²) in [4.78, 5) is 12.3. The average molecular weight is 353 g/mol. The Morgan fingerprint density at radius 3 is 2.81 bits per heavy atom. The van der Waals surface area contributed by atoms with Gasteiger partial charge in [-0.25, -0.2) is 4.39 Å². The molecule has 0 unspecified atom stereocenters. The van der Waals surface area contributed by atoms with E-state index < -0.39 is 11.7 Å². The maximum atomic E-state index is 13.5. The van der Waals surface area contributed by atoms with E-state index in [0.717, 1.165) is 0 Å². The van der Waals surface area contributed by atoms with Crippen LogP contribution in [0.2, 0.25) is 0 Å². The molecule has 110 valence electrons. The van der Waals surface area contributed by atoms with Crippen molar-refractivity contribution in [2.24, 2.45) is 0 Å². The number of rotatable bonds is 4. The van der Waals surface area contributed by atoms with Gasteiger partial charge in [0.1, 0.15) is 17.1 Å². The fraction of sp³-hybridized carbons (Fsp3) is 0.133. The number of nitrogens with one attached hydrogen (secondary N) is 1. The molecule has 0 bridgehead atoms. The third-order valence-corrected chi connectivity index (χ3v) is 3.41. The van der Waals surface area contributed by atoms with Crippen molar-refractivity contribution >= 4 is 33.2 Å². The lowest BCUT2D eigenvalue weighted by Crippen LogP contribution is -2.16.